The molecule has 3 heterocycles. The third kappa shape index (κ3) is 5.16. The topological polar surface area (TPSA) is 55.4 Å². The number of hydrogen-bond acceptors (Lipinski definition) is 6. The van der Waals surface area contributed by atoms with Crippen LogP contribution in [0.1, 0.15) is 35.6 Å². The van der Waals surface area contributed by atoms with Gasteiger partial charge in [0.15, 0.2) is 18.9 Å². The Morgan fingerprint density at radius 3 is 1.28 bits per heavy atom. The van der Waals surface area contributed by atoms with E-state index < -0.39 is 43.3 Å². The smallest absolute Gasteiger partial charge is 0.185 e. The number of ether oxygens (including phenoxy) is 6. The van der Waals surface area contributed by atoms with Gasteiger partial charge in [0, 0.05) is 31.8 Å². The molecule has 0 aliphatic carbocycles. The van der Waals surface area contributed by atoms with Gasteiger partial charge in [-0.1, -0.05) is 71.2 Å². The fourth-order valence-corrected chi connectivity index (χ4v) is 5.32. The average molecular weight is 550 g/mol. The first-order chi connectivity index (χ1) is 17.5. The highest BCUT2D eigenvalue weighted by Gasteiger charge is 2.51. The van der Waals surface area contributed by atoms with Gasteiger partial charge in [-0.25, -0.2) is 0 Å². The highest BCUT2D eigenvalue weighted by Crippen LogP contribution is 2.42. The van der Waals surface area contributed by atoms with Crippen molar-refractivity contribution in [3.8, 4) is 0 Å². The van der Waals surface area contributed by atoms with Gasteiger partial charge in [-0.3, -0.25) is 0 Å². The third-order valence-corrected chi connectivity index (χ3v) is 7.11. The maximum Gasteiger partial charge on any atom is 0.185 e. The van der Waals surface area contributed by atoms with Crippen LogP contribution < -0.4 is 0 Å². The normalized spacial score (nSPS) is 32.2. The summed E-state index contributed by atoms with van der Waals surface area (Å²) in [7, 11) is 0. The molecular formula is C27H23Cl3O6. The van der Waals surface area contributed by atoms with Crippen molar-refractivity contribution < 1.29 is 28.4 Å². The average Bonchev–Trinajstić information content (AvgIpc) is 3.63. The summed E-state index contributed by atoms with van der Waals surface area (Å²) in [6, 6.07) is 22.3. The Hall–Kier alpha value is -1.71. The summed E-state index contributed by atoms with van der Waals surface area (Å²) in [5, 5.41) is 1.83. The van der Waals surface area contributed by atoms with Crippen molar-refractivity contribution in [1.29, 1.82) is 0 Å². The highest BCUT2D eigenvalue weighted by atomic mass is 35.5. The van der Waals surface area contributed by atoms with Crippen molar-refractivity contribution in [1.82, 2.24) is 0 Å². The maximum atomic E-state index is 6.41. The van der Waals surface area contributed by atoms with Crippen LogP contribution in [0.2, 0.25) is 15.1 Å². The van der Waals surface area contributed by atoms with Crippen LogP contribution in [0.4, 0.5) is 0 Å². The van der Waals surface area contributed by atoms with Crippen molar-refractivity contribution in [3.63, 3.8) is 0 Å². The standard InChI is InChI=1S/C27H23Cl3O6/c28-18-7-1-4-15(10-18)25-31-13-21(33-25)23-24(36-27(35-23)17-6-3-9-20(30)12-17)22-14-32-26(34-22)16-5-2-8-19(29)11-16/h1-12,21-27H,13-14H2/t21-,22+,23-,24-,25?,26?,27?/m1/s1. The van der Waals surface area contributed by atoms with Crippen LogP contribution in [0, 0.1) is 0 Å². The van der Waals surface area contributed by atoms with Crippen molar-refractivity contribution in [2.45, 2.75) is 43.3 Å². The molecule has 6 rings (SSSR count). The number of halogens is 3. The van der Waals surface area contributed by atoms with Crippen LogP contribution in [0.15, 0.2) is 72.8 Å². The van der Waals surface area contributed by atoms with Crippen molar-refractivity contribution in [2.24, 2.45) is 0 Å². The monoisotopic (exact) mass is 548 g/mol. The predicted octanol–water partition coefficient (Wildman–Crippen LogP) is 6.66. The van der Waals surface area contributed by atoms with Crippen LogP contribution >= 0.6 is 34.8 Å². The van der Waals surface area contributed by atoms with Crippen LogP contribution in [0.25, 0.3) is 0 Å². The third-order valence-electron chi connectivity index (χ3n) is 6.40. The second kappa shape index (κ2) is 10.6. The van der Waals surface area contributed by atoms with E-state index in [1.807, 2.05) is 72.8 Å². The van der Waals surface area contributed by atoms with E-state index in [4.69, 9.17) is 63.2 Å². The second-order valence-corrected chi connectivity index (χ2v) is 10.2. The molecule has 188 valence electrons. The summed E-state index contributed by atoms with van der Waals surface area (Å²) >= 11 is 18.6. The summed E-state index contributed by atoms with van der Waals surface area (Å²) in [5.41, 5.74) is 2.49. The SMILES string of the molecule is Clc1cccc(C2O[C@H]([C@@H]3COC(c4cccc(Cl)c4)O3)[C@@H]([C@H]3COC(c4cccc(Cl)c4)O3)O2)c1. The highest BCUT2D eigenvalue weighted by molar-refractivity contribution is 6.31. The second-order valence-electron chi connectivity index (χ2n) is 8.88. The van der Waals surface area contributed by atoms with E-state index in [9.17, 15) is 0 Å². The van der Waals surface area contributed by atoms with Gasteiger partial charge in [-0.2, -0.15) is 0 Å². The van der Waals surface area contributed by atoms with Gasteiger partial charge >= 0.3 is 0 Å². The minimum Gasteiger partial charge on any atom is -0.346 e. The molecule has 0 N–H and O–H groups in total. The lowest BCUT2D eigenvalue weighted by Gasteiger charge is -2.25. The van der Waals surface area contributed by atoms with Gasteiger partial charge in [0.2, 0.25) is 0 Å². The Morgan fingerprint density at radius 1 is 0.500 bits per heavy atom. The Bertz CT molecular complexity index is 1150. The fourth-order valence-electron chi connectivity index (χ4n) is 4.72. The summed E-state index contributed by atoms with van der Waals surface area (Å²) in [6.45, 7) is 0.657. The van der Waals surface area contributed by atoms with E-state index in [0.29, 0.717) is 28.3 Å². The number of hydrogen-bond donors (Lipinski definition) is 0. The summed E-state index contributed by atoms with van der Waals surface area (Å²) in [5.74, 6) is 0. The molecule has 36 heavy (non-hydrogen) atoms. The minimum absolute atomic E-state index is 0.329. The molecule has 6 nitrogen and oxygen atoms in total. The molecule has 0 aromatic heterocycles. The van der Waals surface area contributed by atoms with Gasteiger partial charge in [0.05, 0.1) is 13.2 Å². The van der Waals surface area contributed by atoms with Gasteiger partial charge in [0.1, 0.15) is 24.4 Å². The maximum absolute atomic E-state index is 6.41. The first kappa shape index (κ1) is 24.6. The van der Waals surface area contributed by atoms with Crippen molar-refractivity contribution in [3.05, 3.63) is 105 Å². The Balaban J connectivity index is 1.23. The number of benzene rings is 3. The lowest BCUT2D eigenvalue weighted by atomic mass is 10.0. The van der Waals surface area contributed by atoms with E-state index in [1.54, 1.807) is 0 Å². The van der Waals surface area contributed by atoms with E-state index in [1.165, 1.54) is 0 Å². The molecule has 9 heteroatoms. The molecule has 3 aliphatic rings. The van der Waals surface area contributed by atoms with Crippen LogP contribution in [-0.2, 0) is 28.4 Å². The number of rotatable bonds is 5. The first-order valence-electron chi connectivity index (χ1n) is 11.6. The van der Waals surface area contributed by atoms with Gasteiger partial charge < -0.3 is 28.4 Å². The molecule has 0 bridgehead atoms. The molecule has 0 amide bonds. The predicted molar refractivity (Wildman–Crippen MR) is 134 cm³/mol. The molecule has 0 radical (unpaired) electrons. The Morgan fingerprint density at radius 2 is 0.889 bits per heavy atom. The first-order valence-corrected chi connectivity index (χ1v) is 12.8. The zero-order chi connectivity index (χ0) is 24.6. The summed E-state index contributed by atoms with van der Waals surface area (Å²) in [6.07, 6.45) is -3.46. The zero-order valence-corrected chi connectivity index (χ0v) is 21.2. The van der Waals surface area contributed by atoms with Crippen LogP contribution in [0.5, 0.6) is 0 Å². The van der Waals surface area contributed by atoms with Gasteiger partial charge in [-0.05, 0) is 36.4 Å². The molecule has 3 unspecified atom stereocenters. The Labute approximate surface area is 223 Å². The summed E-state index contributed by atoms with van der Waals surface area (Å²) in [4.78, 5) is 0. The van der Waals surface area contributed by atoms with E-state index in [-0.39, 0.29) is 0 Å². The molecule has 0 spiro atoms. The molecule has 3 aromatic rings. The van der Waals surface area contributed by atoms with E-state index in [0.717, 1.165) is 16.7 Å². The molecule has 3 aliphatic heterocycles. The van der Waals surface area contributed by atoms with Gasteiger partial charge in [0.25, 0.3) is 0 Å². The van der Waals surface area contributed by atoms with Crippen LogP contribution in [0.3, 0.4) is 0 Å². The molecule has 3 fully saturated rings. The fraction of sp³-hybridized carbons (Fsp3) is 0.333. The Kier molecular flexibility index (Phi) is 7.23. The lowest BCUT2D eigenvalue weighted by Crippen LogP contribution is -2.44. The molecule has 7 atom stereocenters. The van der Waals surface area contributed by atoms with E-state index in [2.05, 4.69) is 0 Å². The van der Waals surface area contributed by atoms with Gasteiger partial charge in [-0.15, -0.1) is 0 Å². The minimum atomic E-state index is -0.638. The van der Waals surface area contributed by atoms with Crippen LogP contribution in [-0.4, -0.2) is 37.6 Å². The quantitative estimate of drug-likeness (QED) is 0.355. The summed E-state index contributed by atoms with van der Waals surface area (Å²) < 4.78 is 37.3. The molecule has 0 saturated carbocycles. The largest absolute Gasteiger partial charge is 0.346 e. The lowest BCUT2D eigenvalue weighted by molar-refractivity contribution is -0.107. The molecule has 3 saturated heterocycles. The molecule has 3 aromatic carbocycles. The zero-order valence-electron chi connectivity index (χ0n) is 19.0. The van der Waals surface area contributed by atoms with E-state index >= 15 is 0 Å². The molecular weight excluding hydrogens is 527 g/mol. The van der Waals surface area contributed by atoms with Crippen molar-refractivity contribution >= 4 is 34.8 Å². The van der Waals surface area contributed by atoms with Crippen molar-refractivity contribution in [2.75, 3.05) is 13.2 Å².